The molecule has 1 aromatic rings. The Kier molecular flexibility index (Phi) is 5.99. The Balaban J connectivity index is 2.28. The molecule has 0 aromatic heterocycles. The lowest BCUT2D eigenvalue weighted by atomic mass is 10.2. The van der Waals surface area contributed by atoms with Crippen molar-refractivity contribution in [2.75, 3.05) is 17.6 Å². The van der Waals surface area contributed by atoms with Gasteiger partial charge in [-0.25, -0.2) is 4.39 Å². The highest BCUT2D eigenvalue weighted by molar-refractivity contribution is 7.85. The maximum absolute atomic E-state index is 14.1. The van der Waals surface area contributed by atoms with Gasteiger partial charge in [-0.2, -0.15) is 26.3 Å². The van der Waals surface area contributed by atoms with Gasteiger partial charge in [-0.1, -0.05) is 0 Å². The quantitative estimate of drug-likeness (QED) is 0.443. The molecule has 1 unspecified atom stereocenters. The van der Waals surface area contributed by atoms with Crippen molar-refractivity contribution < 1.29 is 34.9 Å². The first-order valence-corrected chi connectivity index (χ1v) is 8.81. The summed E-state index contributed by atoms with van der Waals surface area (Å²) in [5, 5.41) is 2.43. The van der Waals surface area contributed by atoms with Gasteiger partial charge in [-0.3, -0.25) is 9.20 Å². The predicted molar refractivity (Wildman–Crippen MR) is 83.2 cm³/mol. The number of hydrogen-bond donors (Lipinski definition) is 1. The summed E-state index contributed by atoms with van der Waals surface area (Å²) in [6, 6.07) is 1.82. The molecule has 0 bridgehead atoms. The van der Waals surface area contributed by atoms with Crippen molar-refractivity contribution in [3.05, 3.63) is 23.5 Å². The van der Waals surface area contributed by atoms with E-state index in [9.17, 15) is 34.9 Å². The number of nitrogens with one attached hydrogen (secondary N) is 1. The maximum atomic E-state index is 14.1. The second-order valence-electron chi connectivity index (χ2n) is 5.92. The van der Waals surface area contributed by atoms with Crippen LogP contribution in [-0.4, -0.2) is 34.7 Å². The van der Waals surface area contributed by atoms with Gasteiger partial charge < -0.3 is 5.32 Å². The molecule has 2 rings (SSSR count). The Bertz CT molecular complexity index is 724. The largest absolute Gasteiger partial charge is 0.408 e. The number of rotatable bonds is 5. The van der Waals surface area contributed by atoms with Crippen LogP contribution in [0.3, 0.4) is 0 Å². The van der Waals surface area contributed by atoms with Gasteiger partial charge in [-0.05, 0) is 37.5 Å². The molecule has 3 nitrogen and oxygen atoms in total. The van der Waals surface area contributed by atoms with Gasteiger partial charge >= 0.3 is 12.4 Å². The lowest BCUT2D eigenvalue weighted by molar-refractivity contribution is -0.118. The fraction of sp³-hybridized carbons (Fsp3) is 0.533. The van der Waals surface area contributed by atoms with Gasteiger partial charge in [0.15, 0.2) is 0 Å². The molecule has 0 spiro atoms. The zero-order valence-electron chi connectivity index (χ0n) is 13.5. The Morgan fingerprint density at radius 2 is 1.81 bits per heavy atom. The third-order valence-electron chi connectivity index (χ3n) is 3.46. The molecular formula is C15H15F7N2OS. The average Bonchev–Trinajstić information content (AvgIpc) is 3.26. The SMILES string of the molecule is Cc1cc(F)c(NC(=NCC(F)(F)F)C2CC2)cc1S(=O)CC(F)(F)F. The number of hydrogen-bond acceptors (Lipinski definition) is 2. The van der Waals surface area contributed by atoms with Gasteiger partial charge in [0, 0.05) is 10.8 Å². The van der Waals surface area contributed by atoms with Crippen LogP contribution in [0.1, 0.15) is 18.4 Å². The van der Waals surface area contributed by atoms with Crippen LogP contribution in [-0.2, 0) is 10.8 Å². The van der Waals surface area contributed by atoms with Crippen molar-refractivity contribution >= 4 is 22.3 Å². The van der Waals surface area contributed by atoms with Crippen LogP contribution in [0, 0.1) is 18.7 Å². The van der Waals surface area contributed by atoms with Crippen LogP contribution in [0.4, 0.5) is 36.4 Å². The van der Waals surface area contributed by atoms with Crippen molar-refractivity contribution in [1.82, 2.24) is 0 Å². The molecule has 0 saturated heterocycles. The Hall–Kier alpha value is -1.65. The zero-order chi connectivity index (χ0) is 19.7. The van der Waals surface area contributed by atoms with E-state index in [2.05, 4.69) is 10.3 Å². The highest BCUT2D eigenvalue weighted by Gasteiger charge is 2.33. The molecule has 1 fully saturated rings. The van der Waals surface area contributed by atoms with Crippen molar-refractivity contribution in [3.8, 4) is 0 Å². The number of aryl methyl sites for hydroxylation is 1. The lowest BCUT2D eigenvalue weighted by Crippen LogP contribution is -2.21. The highest BCUT2D eigenvalue weighted by Crippen LogP contribution is 2.33. The van der Waals surface area contributed by atoms with Crippen molar-refractivity contribution in [3.63, 3.8) is 0 Å². The molecule has 146 valence electrons. The van der Waals surface area contributed by atoms with E-state index in [1.54, 1.807) is 0 Å². The minimum atomic E-state index is -4.67. The molecule has 1 atom stereocenters. The number of anilines is 1. The summed E-state index contributed by atoms with van der Waals surface area (Å²) in [5.41, 5.74) is -0.301. The molecule has 1 N–H and O–H groups in total. The topological polar surface area (TPSA) is 41.5 Å². The zero-order valence-corrected chi connectivity index (χ0v) is 14.3. The van der Waals surface area contributed by atoms with Crippen LogP contribution in [0.5, 0.6) is 0 Å². The van der Waals surface area contributed by atoms with Crippen molar-refractivity contribution in [1.29, 1.82) is 0 Å². The minimum Gasteiger partial charge on any atom is -0.341 e. The molecule has 0 radical (unpaired) electrons. The summed E-state index contributed by atoms with van der Waals surface area (Å²) >= 11 is 0. The van der Waals surface area contributed by atoms with E-state index < -0.39 is 41.3 Å². The molecule has 1 saturated carbocycles. The number of aliphatic imine (C=N–C) groups is 1. The number of alkyl halides is 6. The van der Waals surface area contributed by atoms with Crippen LogP contribution in [0.25, 0.3) is 0 Å². The van der Waals surface area contributed by atoms with E-state index in [-0.39, 0.29) is 27.9 Å². The maximum Gasteiger partial charge on any atom is 0.408 e. The van der Waals surface area contributed by atoms with E-state index in [1.165, 1.54) is 6.92 Å². The second-order valence-corrected chi connectivity index (χ2v) is 7.34. The monoisotopic (exact) mass is 404 g/mol. The highest BCUT2D eigenvalue weighted by atomic mass is 32.2. The molecule has 1 aliphatic rings. The van der Waals surface area contributed by atoms with E-state index in [0.29, 0.717) is 12.8 Å². The number of halogens is 7. The average molecular weight is 404 g/mol. The second kappa shape index (κ2) is 7.53. The van der Waals surface area contributed by atoms with Gasteiger partial charge in [0.05, 0.1) is 16.5 Å². The van der Waals surface area contributed by atoms with Crippen LogP contribution in [0.2, 0.25) is 0 Å². The van der Waals surface area contributed by atoms with Crippen LogP contribution >= 0.6 is 0 Å². The number of benzene rings is 1. The fourth-order valence-electron chi connectivity index (χ4n) is 2.16. The minimum absolute atomic E-state index is 0.0517. The number of nitrogens with zero attached hydrogens (tertiary/aromatic N) is 1. The third-order valence-corrected chi connectivity index (χ3v) is 4.98. The van der Waals surface area contributed by atoms with Gasteiger partial charge in [0.1, 0.15) is 24.0 Å². The standard InChI is InChI=1S/C15H15F7N2OS/c1-8-4-10(16)11(5-12(8)26(25)7-15(20,21)22)24-13(9-2-3-9)23-6-14(17,18)19/h4-5,9H,2-3,6-7H2,1H3,(H,23,24). The van der Waals surface area contributed by atoms with Crippen LogP contribution in [0.15, 0.2) is 22.0 Å². The normalized spacial score (nSPS) is 17.3. The van der Waals surface area contributed by atoms with E-state index >= 15 is 0 Å². The Morgan fingerprint density at radius 1 is 1.19 bits per heavy atom. The molecule has 11 heteroatoms. The van der Waals surface area contributed by atoms with E-state index in [0.717, 1.165) is 12.1 Å². The van der Waals surface area contributed by atoms with Gasteiger partial charge in [0.2, 0.25) is 0 Å². The Labute approximate surface area is 147 Å². The first kappa shape index (κ1) is 20.7. The van der Waals surface area contributed by atoms with Gasteiger partial charge in [0.25, 0.3) is 0 Å². The molecule has 0 amide bonds. The first-order chi connectivity index (χ1) is 11.9. The molecule has 1 aromatic carbocycles. The molecule has 1 aliphatic carbocycles. The summed E-state index contributed by atoms with van der Waals surface area (Å²) in [5.74, 6) is -2.85. The number of amidine groups is 1. The van der Waals surface area contributed by atoms with E-state index in [4.69, 9.17) is 0 Å². The summed E-state index contributed by atoms with van der Waals surface area (Å²) in [6.45, 7) is -0.151. The molecule has 0 aliphatic heterocycles. The molecular weight excluding hydrogens is 389 g/mol. The van der Waals surface area contributed by atoms with Gasteiger partial charge in [-0.15, -0.1) is 0 Å². The van der Waals surface area contributed by atoms with Crippen molar-refractivity contribution in [2.24, 2.45) is 10.9 Å². The smallest absolute Gasteiger partial charge is 0.341 e. The summed E-state index contributed by atoms with van der Waals surface area (Å²) in [6.07, 6.45) is -8.06. The molecule has 26 heavy (non-hydrogen) atoms. The fourth-order valence-corrected chi connectivity index (χ4v) is 3.28. The predicted octanol–water partition coefficient (Wildman–Crippen LogP) is 4.59. The summed E-state index contributed by atoms with van der Waals surface area (Å²) in [7, 11) is -2.46. The summed E-state index contributed by atoms with van der Waals surface area (Å²) < 4.78 is 100. The van der Waals surface area contributed by atoms with Crippen molar-refractivity contribution in [2.45, 2.75) is 37.0 Å². The summed E-state index contributed by atoms with van der Waals surface area (Å²) in [4.78, 5) is 3.17. The third kappa shape index (κ3) is 6.26. The Morgan fingerprint density at radius 3 is 2.31 bits per heavy atom. The lowest BCUT2D eigenvalue weighted by Gasteiger charge is -2.15. The van der Waals surface area contributed by atoms with E-state index in [1.807, 2.05) is 0 Å². The molecule has 0 heterocycles. The van der Waals surface area contributed by atoms with Crippen LogP contribution < -0.4 is 5.32 Å². The first-order valence-electron chi connectivity index (χ1n) is 7.49.